The van der Waals surface area contributed by atoms with Gasteiger partial charge in [-0.15, -0.1) is 0 Å². The lowest BCUT2D eigenvalue weighted by Crippen LogP contribution is -2.70. The second-order valence-electron chi connectivity index (χ2n) is 24.7. The number of alkyl carbamates (subject to hydrolysis) is 3. The summed E-state index contributed by atoms with van der Waals surface area (Å²) in [6.45, 7) is 26.6. The highest BCUT2D eigenvalue weighted by molar-refractivity contribution is 5.81. The lowest BCUT2D eigenvalue weighted by atomic mass is 9.70. The van der Waals surface area contributed by atoms with Crippen molar-refractivity contribution in [1.29, 1.82) is 0 Å². The van der Waals surface area contributed by atoms with E-state index < -0.39 is 143 Å². The normalized spacial score (nSPS) is 28.0. The Hall–Kier alpha value is -4.72. The molecule has 0 aromatic heterocycles. The maximum atomic E-state index is 14.0. The molecule has 1 aliphatic carbocycles. The molecule has 3 rings (SSSR count). The number of carbonyl (C=O) groups is 6. The van der Waals surface area contributed by atoms with Crippen molar-refractivity contribution in [2.75, 3.05) is 39.8 Å². The third-order valence-corrected chi connectivity index (χ3v) is 11.6. The fourth-order valence-electron chi connectivity index (χ4n) is 8.79. The van der Waals surface area contributed by atoms with E-state index >= 15 is 0 Å². The predicted octanol–water partition coefficient (Wildman–Crippen LogP) is 3.25. The van der Waals surface area contributed by atoms with Crippen LogP contribution in [0, 0.1) is 11.8 Å². The van der Waals surface area contributed by atoms with Gasteiger partial charge >= 0.3 is 30.3 Å². The number of allylic oxidation sites excluding steroid dienone is 1. The molecule has 24 heteroatoms. The summed E-state index contributed by atoms with van der Waals surface area (Å²) in [6.07, 6.45) is -11.7. The van der Waals surface area contributed by atoms with Gasteiger partial charge < -0.3 is 89.8 Å². The molecule has 24 nitrogen and oxygen atoms in total. The molecule has 75 heavy (non-hydrogen) atoms. The summed E-state index contributed by atoms with van der Waals surface area (Å²) >= 11 is 0. The number of carbonyl (C=O) groups excluding carboxylic acids is 6. The largest absolute Gasteiger partial charge is 0.493 e. The lowest BCUT2D eigenvalue weighted by Gasteiger charge is -2.52. The zero-order chi connectivity index (χ0) is 57.2. The van der Waals surface area contributed by atoms with Gasteiger partial charge in [-0.3, -0.25) is 9.59 Å². The Morgan fingerprint density at radius 3 is 1.81 bits per heavy atom. The van der Waals surface area contributed by atoms with Crippen molar-refractivity contribution in [1.82, 2.24) is 31.5 Å². The average Bonchev–Trinajstić information content (AvgIpc) is 3.20. The van der Waals surface area contributed by atoms with Crippen molar-refractivity contribution in [2.45, 2.75) is 225 Å². The second kappa shape index (κ2) is 26.1. The van der Waals surface area contributed by atoms with Crippen LogP contribution in [0.4, 0.5) is 19.2 Å². The van der Waals surface area contributed by atoms with Gasteiger partial charge in [0.2, 0.25) is 5.91 Å². The molecule has 0 aromatic carbocycles. The monoisotopic (exact) mass is 1070 g/mol. The molecule has 5 amide bonds. The van der Waals surface area contributed by atoms with E-state index in [1.807, 2.05) is 0 Å². The summed E-state index contributed by atoms with van der Waals surface area (Å²) in [7, 11) is 1.32. The van der Waals surface area contributed by atoms with Gasteiger partial charge in [-0.2, -0.15) is 0 Å². The molecule has 0 radical (unpaired) electrons. The van der Waals surface area contributed by atoms with Crippen LogP contribution in [0.5, 0.6) is 0 Å². The standard InChI is InChI=1S/C51H90N6O18/c1-46(2,3)71-33(59)24-28-18-19-29(26-52-22-23-54-43(64)73-48(7,8)9)69-37(28)34-30(56-44(65)74-49(10,11)12)25-31(55-40(62)32(58)20-21-53-42(63)72-47(4,5)6)38(35(34)60)70-41-36(61)39(51(16,67)27-68-41)57(17)45(66)75-50(13,14)15/h19,28,30-32,34-39,41,52,58,60-61,67H,18,20-27H2,1-17H3,(H,53,63)(H,54,64)(H,55,62)(H,56,65). The first-order valence-corrected chi connectivity index (χ1v) is 25.7. The zero-order valence-corrected chi connectivity index (χ0v) is 47.2. The number of ether oxygens (including phenoxy) is 8. The number of rotatable bonds is 17. The molecule has 1 saturated heterocycles. The van der Waals surface area contributed by atoms with Gasteiger partial charge in [0, 0.05) is 44.6 Å². The predicted molar refractivity (Wildman–Crippen MR) is 272 cm³/mol. The van der Waals surface area contributed by atoms with Gasteiger partial charge in [-0.25, -0.2) is 19.2 Å². The minimum Gasteiger partial charge on any atom is -0.493 e. The summed E-state index contributed by atoms with van der Waals surface area (Å²) in [5, 5.41) is 61.7. The number of hydrogen-bond donors (Lipinski definition) is 9. The van der Waals surface area contributed by atoms with E-state index in [-0.39, 0.29) is 51.9 Å². The number of aliphatic hydroxyl groups is 4. The summed E-state index contributed by atoms with van der Waals surface area (Å²) in [4.78, 5) is 80.4. The minimum absolute atomic E-state index is 0.118. The highest BCUT2D eigenvalue weighted by Crippen LogP contribution is 2.41. The molecule has 2 aliphatic heterocycles. The minimum atomic E-state index is -1.88. The molecule has 3 aliphatic rings. The van der Waals surface area contributed by atoms with Crippen LogP contribution >= 0.6 is 0 Å². The number of hydrogen-bond acceptors (Lipinski definition) is 19. The van der Waals surface area contributed by atoms with Gasteiger partial charge in [0.25, 0.3) is 0 Å². The molecule has 2 heterocycles. The van der Waals surface area contributed by atoms with Gasteiger partial charge in [0.05, 0.1) is 37.8 Å². The Morgan fingerprint density at radius 2 is 1.27 bits per heavy atom. The van der Waals surface area contributed by atoms with E-state index in [4.69, 9.17) is 37.9 Å². The summed E-state index contributed by atoms with van der Waals surface area (Å²) in [6, 6.07) is -3.89. The van der Waals surface area contributed by atoms with E-state index in [1.165, 1.54) is 14.0 Å². The van der Waals surface area contributed by atoms with Crippen molar-refractivity contribution in [3.8, 4) is 0 Å². The van der Waals surface area contributed by atoms with Crippen molar-refractivity contribution in [2.24, 2.45) is 11.8 Å². The van der Waals surface area contributed by atoms with Gasteiger partial charge in [0.1, 0.15) is 63.8 Å². The molecule has 432 valence electrons. The van der Waals surface area contributed by atoms with Crippen molar-refractivity contribution in [3.05, 3.63) is 11.8 Å². The summed E-state index contributed by atoms with van der Waals surface area (Å²) < 4.78 is 46.7. The molecule has 1 saturated carbocycles. The smallest absolute Gasteiger partial charge is 0.410 e. The van der Waals surface area contributed by atoms with Crippen LogP contribution in [-0.2, 0) is 47.5 Å². The number of amides is 5. The third-order valence-electron chi connectivity index (χ3n) is 11.6. The van der Waals surface area contributed by atoms with Crippen LogP contribution in [0.25, 0.3) is 0 Å². The molecule has 0 aromatic rings. The van der Waals surface area contributed by atoms with E-state index in [0.29, 0.717) is 5.76 Å². The second-order valence-corrected chi connectivity index (χ2v) is 24.7. The summed E-state index contributed by atoms with van der Waals surface area (Å²) in [5.74, 6) is -3.09. The topological polar surface area (TPSA) is 321 Å². The quantitative estimate of drug-likeness (QED) is 0.0574. The van der Waals surface area contributed by atoms with Crippen LogP contribution in [0.1, 0.15) is 136 Å². The first-order chi connectivity index (χ1) is 34.1. The van der Waals surface area contributed by atoms with Gasteiger partial charge in [0.15, 0.2) is 6.29 Å². The van der Waals surface area contributed by atoms with Crippen molar-refractivity contribution >= 4 is 36.2 Å². The van der Waals surface area contributed by atoms with Gasteiger partial charge in [-0.05, 0) is 136 Å². The fraction of sp³-hybridized carbons (Fsp3) is 0.843. The first kappa shape index (κ1) is 64.6. The molecule has 2 fully saturated rings. The molecule has 12 atom stereocenters. The van der Waals surface area contributed by atoms with Crippen LogP contribution in [-0.4, -0.2) is 190 Å². The Balaban J connectivity index is 2.14. The van der Waals surface area contributed by atoms with Crippen molar-refractivity contribution < 1.29 is 87.1 Å². The molecular weight excluding hydrogens is 985 g/mol. The summed E-state index contributed by atoms with van der Waals surface area (Å²) in [5.41, 5.74) is -6.21. The Morgan fingerprint density at radius 1 is 0.733 bits per heavy atom. The zero-order valence-electron chi connectivity index (χ0n) is 47.2. The van der Waals surface area contributed by atoms with Crippen LogP contribution in [0.3, 0.4) is 0 Å². The molecule has 9 N–H and O–H groups in total. The highest BCUT2D eigenvalue weighted by Gasteiger charge is 2.56. The van der Waals surface area contributed by atoms with E-state index in [0.717, 1.165) is 4.90 Å². The molecular formula is C51H90N6O18. The Bertz CT molecular complexity index is 1970. The molecule has 0 spiro atoms. The first-order valence-electron chi connectivity index (χ1n) is 25.7. The lowest BCUT2D eigenvalue weighted by molar-refractivity contribution is -0.306. The number of aliphatic hydroxyl groups excluding tert-OH is 3. The average molecular weight is 1080 g/mol. The van der Waals surface area contributed by atoms with E-state index in [9.17, 15) is 49.2 Å². The maximum Gasteiger partial charge on any atom is 0.410 e. The van der Waals surface area contributed by atoms with Crippen LogP contribution < -0.4 is 26.6 Å². The maximum absolute atomic E-state index is 14.0. The number of nitrogens with zero attached hydrogens (tertiary/aromatic N) is 1. The van der Waals surface area contributed by atoms with Crippen LogP contribution in [0.2, 0.25) is 0 Å². The van der Waals surface area contributed by atoms with Crippen molar-refractivity contribution in [3.63, 3.8) is 0 Å². The Kier molecular flexibility index (Phi) is 22.5. The van der Waals surface area contributed by atoms with Crippen LogP contribution in [0.15, 0.2) is 11.8 Å². The number of nitrogens with one attached hydrogen (secondary N) is 5. The molecule has 0 bridgehead atoms. The SMILES string of the molecule is CN(C(=O)OC(C)(C)C)C1C(O)C(OC2C(NC(=O)C(O)CCNC(=O)OC(C)(C)C)CC(NC(=O)OC(C)(C)C)C(C3OC(CNCCNC(=O)OC(C)(C)C)=CCC3CC(=O)OC(C)(C)C)C2O)OCC1(C)O. The number of esters is 1. The highest BCUT2D eigenvalue weighted by atomic mass is 16.7. The van der Waals surface area contributed by atoms with E-state index in [2.05, 4.69) is 26.6 Å². The third kappa shape index (κ3) is 22.0. The fourth-order valence-corrected chi connectivity index (χ4v) is 8.79. The molecule has 12 unspecified atom stereocenters. The van der Waals surface area contributed by atoms with E-state index in [1.54, 1.807) is 110 Å². The Labute approximate surface area is 442 Å². The number of likely N-dealkylation sites (N-methyl/N-ethyl adjacent to an activating group) is 1. The van der Waals surface area contributed by atoms with Gasteiger partial charge in [-0.1, -0.05) is 0 Å².